The first-order valence-electron chi connectivity index (χ1n) is 6.61. The maximum atomic E-state index is 11.5. The third kappa shape index (κ3) is 4.91. The normalized spacial score (nSPS) is 11.1. The lowest BCUT2D eigenvalue weighted by Crippen LogP contribution is -2.14. The van der Waals surface area contributed by atoms with Crippen LogP contribution in [0.5, 0.6) is 5.75 Å². The highest BCUT2D eigenvalue weighted by molar-refractivity contribution is 5.95. The predicted octanol–water partition coefficient (Wildman–Crippen LogP) is 3.02. The summed E-state index contributed by atoms with van der Waals surface area (Å²) in [7, 11) is 1.61. The zero-order valence-electron chi connectivity index (χ0n) is 12.4. The molecule has 0 fully saturated rings. The summed E-state index contributed by atoms with van der Waals surface area (Å²) >= 11 is 0. The highest BCUT2D eigenvalue weighted by Gasteiger charge is 2.10. The Bertz CT molecular complexity index is 483. The van der Waals surface area contributed by atoms with Crippen molar-refractivity contribution in [2.24, 2.45) is 4.99 Å². The van der Waals surface area contributed by atoms with Gasteiger partial charge in [-0.3, -0.25) is 4.79 Å². The van der Waals surface area contributed by atoms with Gasteiger partial charge >= 0.3 is 5.97 Å². The smallest absolute Gasteiger partial charge is 0.315 e. The number of hydrogen-bond acceptors (Lipinski definition) is 5. The molecule has 0 saturated heterocycles. The molecule has 0 saturated carbocycles. The number of rotatable bonds is 6. The highest BCUT2D eigenvalue weighted by atomic mass is 16.5. The van der Waals surface area contributed by atoms with E-state index in [9.17, 15) is 4.79 Å². The summed E-state index contributed by atoms with van der Waals surface area (Å²) in [4.78, 5) is 15.8. The molecule has 0 heterocycles. The van der Waals surface area contributed by atoms with Gasteiger partial charge in [-0.2, -0.15) is 0 Å². The molecule has 1 rings (SSSR count). The lowest BCUT2D eigenvalue weighted by atomic mass is 10.2. The van der Waals surface area contributed by atoms with Crippen molar-refractivity contribution in [1.29, 1.82) is 0 Å². The first-order valence-corrected chi connectivity index (χ1v) is 6.61. The number of carbonyl (C=O) groups is 1. The number of hydrogen-bond donors (Lipinski definition) is 0. The maximum Gasteiger partial charge on any atom is 0.315 e. The molecule has 0 aromatic heterocycles. The zero-order chi connectivity index (χ0) is 15.0. The van der Waals surface area contributed by atoms with Gasteiger partial charge in [0.1, 0.15) is 12.2 Å². The fraction of sp³-hybridized carbons (Fsp3) is 0.467. The van der Waals surface area contributed by atoms with Gasteiger partial charge in [-0.15, -0.1) is 0 Å². The molecule has 0 bridgehead atoms. The molecule has 0 unspecified atom stereocenters. The standard InChI is InChI=1S/C15H21NO4/c1-5-19-14(10-15(17)20-6-2)16-12-8-7-11(3)13(9-12)18-4/h7-9H,5-6,10H2,1-4H3. The number of benzene rings is 1. The van der Waals surface area contributed by atoms with Crippen LogP contribution in [0.3, 0.4) is 0 Å². The van der Waals surface area contributed by atoms with Crippen molar-refractivity contribution in [3.8, 4) is 5.75 Å². The van der Waals surface area contributed by atoms with Gasteiger partial charge in [-0.05, 0) is 32.4 Å². The van der Waals surface area contributed by atoms with Crippen LogP contribution in [0, 0.1) is 6.92 Å². The fourth-order valence-electron chi connectivity index (χ4n) is 1.65. The minimum atomic E-state index is -0.348. The van der Waals surface area contributed by atoms with E-state index < -0.39 is 0 Å². The van der Waals surface area contributed by atoms with Crippen molar-refractivity contribution in [2.45, 2.75) is 27.2 Å². The minimum Gasteiger partial charge on any atom is -0.496 e. The summed E-state index contributed by atoms with van der Waals surface area (Å²) in [6, 6.07) is 5.56. The van der Waals surface area contributed by atoms with Crippen molar-refractivity contribution in [3.63, 3.8) is 0 Å². The average Bonchev–Trinajstić information content (AvgIpc) is 2.41. The SMILES string of the molecule is CCOC(=O)CC(=Nc1ccc(C)c(OC)c1)OCC. The monoisotopic (exact) mass is 279 g/mol. The molecule has 0 aliphatic rings. The molecule has 20 heavy (non-hydrogen) atoms. The van der Waals surface area contributed by atoms with Crippen LogP contribution in [-0.2, 0) is 14.3 Å². The van der Waals surface area contributed by atoms with E-state index >= 15 is 0 Å². The van der Waals surface area contributed by atoms with Crippen LogP contribution in [-0.4, -0.2) is 32.2 Å². The second kappa shape index (κ2) is 8.19. The average molecular weight is 279 g/mol. The molecule has 1 aromatic carbocycles. The Morgan fingerprint density at radius 1 is 1.20 bits per heavy atom. The summed E-state index contributed by atoms with van der Waals surface area (Å²) in [6.45, 7) is 6.35. The Hall–Kier alpha value is -2.04. The van der Waals surface area contributed by atoms with Gasteiger partial charge in [0.05, 0.1) is 26.0 Å². The molecule has 0 radical (unpaired) electrons. The molecule has 5 nitrogen and oxygen atoms in total. The summed E-state index contributed by atoms with van der Waals surface area (Å²) in [5, 5.41) is 0. The quantitative estimate of drug-likeness (QED) is 0.456. The number of carbonyl (C=O) groups excluding carboxylic acids is 1. The van der Waals surface area contributed by atoms with E-state index in [1.165, 1.54) is 0 Å². The maximum absolute atomic E-state index is 11.5. The van der Waals surface area contributed by atoms with E-state index in [4.69, 9.17) is 14.2 Å². The molecule has 0 spiro atoms. The number of esters is 1. The van der Waals surface area contributed by atoms with E-state index in [1.807, 2.05) is 26.0 Å². The minimum absolute atomic E-state index is 0.0257. The van der Waals surface area contributed by atoms with Crippen molar-refractivity contribution in [1.82, 2.24) is 0 Å². The Kier molecular flexibility index (Phi) is 6.56. The van der Waals surface area contributed by atoms with Gasteiger partial charge < -0.3 is 14.2 Å². The van der Waals surface area contributed by atoms with Crippen LogP contribution in [0.2, 0.25) is 0 Å². The number of methoxy groups -OCH3 is 1. The number of nitrogens with zero attached hydrogens (tertiary/aromatic N) is 1. The van der Waals surface area contributed by atoms with E-state index in [-0.39, 0.29) is 12.4 Å². The van der Waals surface area contributed by atoms with E-state index in [1.54, 1.807) is 20.1 Å². The van der Waals surface area contributed by atoms with Gasteiger partial charge in [0.2, 0.25) is 0 Å². The van der Waals surface area contributed by atoms with Crippen LogP contribution in [0.1, 0.15) is 25.8 Å². The molecule has 0 amide bonds. The Morgan fingerprint density at radius 3 is 2.50 bits per heavy atom. The van der Waals surface area contributed by atoms with Crippen molar-refractivity contribution < 1.29 is 19.0 Å². The molecule has 0 aliphatic heterocycles. The lowest BCUT2D eigenvalue weighted by Gasteiger charge is -2.09. The van der Waals surface area contributed by atoms with Crippen molar-refractivity contribution in [2.75, 3.05) is 20.3 Å². The van der Waals surface area contributed by atoms with Crippen LogP contribution in [0.4, 0.5) is 5.69 Å². The van der Waals surface area contributed by atoms with Crippen LogP contribution in [0.25, 0.3) is 0 Å². The second-order valence-electron chi connectivity index (χ2n) is 4.07. The van der Waals surface area contributed by atoms with E-state index in [0.29, 0.717) is 24.8 Å². The summed E-state index contributed by atoms with van der Waals surface area (Å²) in [5.74, 6) is 0.744. The lowest BCUT2D eigenvalue weighted by molar-refractivity contribution is -0.141. The molecule has 0 N–H and O–H groups in total. The molecular weight excluding hydrogens is 258 g/mol. The summed E-state index contributed by atoms with van der Waals surface area (Å²) in [6.07, 6.45) is 0.0257. The van der Waals surface area contributed by atoms with E-state index in [2.05, 4.69) is 4.99 Å². The largest absolute Gasteiger partial charge is 0.496 e. The molecule has 5 heteroatoms. The number of aryl methyl sites for hydroxylation is 1. The van der Waals surface area contributed by atoms with Gasteiger partial charge in [0.15, 0.2) is 5.90 Å². The third-order valence-corrected chi connectivity index (χ3v) is 2.56. The molecular formula is C15H21NO4. The second-order valence-corrected chi connectivity index (χ2v) is 4.07. The topological polar surface area (TPSA) is 57.1 Å². The predicted molar refractivity (Wildman–Crippen MR) is 77.7 cm³/mol. The van der Waals surface area contributed by atoms with Crippen molar-refractivity contribution in [3.05, 3.63) is 23.8 Å². The van der Waals surface area contributed by atoms with Gasteiger partial charge in [0.25, 0.3) is 0 Å². The van der Waals surface area contributed by atoms with Gasteiger partial charge in [0, 0.05) is 6.07 Å². The first-order chi connectivity index (χ1) is 9.60. The van der Waals surface area contributed by atoms with Crippen LogP contribution >= 0.6 is 0 Å². The molecule has 0 aliphatic carbocycles. The Labute approximate surface area is 119 Å². The van der Waals surface area contributed by atoms with Crippen LogP contribution in [0.15, 0.2) is 23.2 Å². The Morgan fingerprint density at radius 2 is 1.90 bits per heavy atom. The summed E-state index contributed by atoms with van der Waals surface area (Å²) in [5.41, 5.74) is 1.70. The van der Waals surface area contributed by atoms with Crippen LogP contribution < -0.4 is 4.74 Å². The first kappa shape index (κ1) is 16.0. The number of ether oxygens (including phenoxy) is 3. The number of aliphatic imine (C=N–C) groups is 1. The Balaban J connectivity index is 2.92. The summed E-state index contributed by atoms with van der Waals surface area (Å²) < 4.78 is 15.5. The molecule has 1 aromatic rings. The highest BCUT2D eigenvalue weighted by Crippen LogP contribution is 2.24. The van der Waals surface area contributed by atoms with E-state index in [0.717, 1.165) is 11.3 Å². The fourth-order valence-corrected chi connectivity index (χ4v) is 1.65. The zero-order valence-corrected chi connectivity index (χ0v) is 12.4. The van der Waals surface area contributed by atoms with Gasteiger partial charge in [-0.25, -0.2) is 4.99 Å². The molecule has 110 valence electrons. The third-order valence-electron chi connectivity index (χ3n) is 2.56. The van der Waals surface area contributed by atoms with Crippen molar-refractivity contribution >= 4 is 17.6 Å². The van der Waals surface area contributed by atoms with Gasteiger partial charge in [-0.1, -0.05) is 6.07 Å². The molecule has 0 atom stereocenters.